The van der Waals surface area contributed by atoms with Crippen molar-refractivity contribution < 1.29 is 14.3 Å². The lowest BCUT2D eigenvalue weighted by atomic mass is 10.1. The molecule has 6 nitrogen and oxygen atoms in total. The predicted molar refractivity (Wildman–Crippen MR) is 111 cm³/mol. The lowest BCUT2D eigenvalue weighted by Crippen LogP contribution is -2.42. The van der Waals surface area contributed by atoms with E-state index in [1.807, 2.05) is 36.6 Å². The van der Waals surface area contributed by atoms with Crippen molar-refractivity contribution in [1.82, 2.24) is 15.5 Å². The number of nitrogens with one attached hydrogen (secondary N) is 2. The summed E-state index contributed by atoms with van der Waals surface area (Å²) in [5, 5.41) is 7.60. The molecule has 2 heterocycles. The van der Waals surface area contributed by atoms with Crippen LogP contribution in [0.15, 0.2) is 47.5 Å². The lowest BCUT2D eigenvalue weighted by molar-refractivity contribution is -0.117. The molecule has 0 saturated carbocycles. The fourth-order valence-electron chi connectivity index (χ4n) is 2.82. The maximum absolute atomic E-state index is 12.7. The number of benzene rings is 1. The number of hydrogen-bond acceptors (Lipinski definition) is 5. The Kier molecular flexibility index (Phi) is 7.36. The van der Waals surface area contributed by atoms with E-state index < -0.39 is 0 Å². The second-order valence-electron chi connectivity index (χ2n) is 6.60. The Morgan fingerprint density at radius 1 is 1.18 bits per heavy atom. The maximum atomic E-state index is 12.7. The molecule has 1 aromatic heterocycles. The first-order chi connectivity index (χ1) is 13.6. The number of carbonyl (C=O) groups excluding carboxylic acids is 2. The summed E-state index contributed by atoms with van der Waals surface area (Å²) in [6.45, 7) is 6.43. The third-order valence-electron chi connectivity index (χ3n) is 4.45. The molecule has 28 heavy (non-hydrogen) atoms. The van der Waals surface area contributed by atoms with Crippen molar-refractivity contribution in [2.24, 2.45) is 0 Å². The summed E-state index contributed by atoms with van der Waals surface area (Å²) in [7, 11) is 0. The van der Waals surface area contributed by atoms with E-state index in [2.05, 4.69) is 15.5 Å². The van der Waals surface area contributed by atoms with Crippen LogP contribution in [0.5, 0.6) is 0 Å². The number of hydrogen-bond donors (Lipinski definition) is 2. The zero-order valence-electron chi connectivity index (χ0n) is 15.9. The predicted octanol–water partition coefficient (Wildman–Crippen LogP) is 2.28. The van der Waals surface area contributed by atoms with Gasteiger partial charge in [-0.25, -0.2) is 0 Å². The van der Waals surface area contributed by atoms with Gasteiger partial charge in [0.25, 0.3) is 11.8 Å². The fourth-order valence-corrected chi connectivity index (χ4v) is 3.48. The molecular formula is C21H25N3O3S. The third-order valence-corrected chi connectivity index (χ3v) is 5.27. The molecular weight excluding hydrogens is 374 g/mol. The van der Waals surface area contributed by atoms with Gasteiger partial charge in [-0.15, -0.1) is 11.3 Å². The van der Waals surface area contributed by atoms with Crippen LogP contribution in [0, 0.1) is 6.92 Å². The van der Waals surface area contributed by atoms with E-state index in [1.54, 1.807) is 18.2 Å². The first-order valence-electron chi connectivity index (χ1n) is 9.33. The minimum absolute atomic E-state index is 0.245. The first-order valence-corrected chi connectivity index (χ1v) is 10.2. The standard InChI is InChI=1S/C21H25N3O3S/c1-16-4-6-17(7-5-16)20(25)23-19(15-18-3-2-14-28-18)21(26)22-8-9-24-10-12-27-13-11-24/h2-7,14-15H,8-13H2,1H3,(H,22,26)(H,23,25)/b19-15+. The van der Waals surface area contributed by atoms with Crippen molar-refractivity contribution >= 4 is 29.2 Å². The SMILES string of the molecule is Cc1ccc(C(=O)N/C(=C/c2cccs2)C(=O)NCCN2CCOCC2)cc1. The molecule has 1 aromatic carbocycles. The second kappa shape index (κ2) is 10.2. The van der Waals surface area contributed by atoms with Gasteiger partial charge in [-0.3, -0.25) is 14.5 Å². The summed E-state index contributed by atoms with van der Waals surface area (Å²) in [6.07, 6.45) is 1.71. The summed E-state index contributed by atoms with van der Waals surface area (Å²) in [5.41, 5.74) is 1.84. The maximum Gasteiger partial charge on any atom is 0.267 e. The molecule has 0 aliphatic carbocycles. The molecule has 0 bridgehead atoms. The van der Waals surface area contributed by atoms with Gasteiger partial charge in [-0.1, -0.05) is 23.8 Å². The highest BCUT2D eigenvalue weighted by Crippen LogP contribution is 2.13. The van der Waals surface area contributed by atoms with Crippen LogP contribution in [0.1, 0.15) is 20.8 Å². The van der Waals surface area contributed by atoms with Crippen LogP contribution >= 0.6 is 11.3 Å². The smallest absolute Gasteiger partial charge is 0.267 e. The monoisotopic (exact) mass is 399 g/mol. The number of amides is 2. The van der Waals surface area contributed by atoms with Crippen LogP contribution in [0.4, 0.5) is 0 Å². The molecule has 2 N–H and O–H groups in total. The van der Waals surface area contributed by atoms with Gasteiger partial charge in [0.15, 0.2) is 0 Å². The van der Waals surface area contributed by atoms with E-state index in [0.717, 1.165) is 43.3 Å². The van der Waals surface area contributed by atoms with E-state index in [9.17, 15) is 9.59 Å². The Bertz CT molecular complexity index is 810. The van der Waals surface area contributed by atoms with E-state index in [4.69, 9.17) is 4.74 Å². The normalized spacial score (nSPS) is 15.2. The average molecular weight is 400 g/mol. The zero-order chi connectivity index (χ0) is 19.8. The van der Waals surface area contributed by atoms with E-state index in [0.29, 0.717) is 12.1 Å². The van der Waals surface area contributed by atoms with E-state index >= 15 is 0 Å². The van der Waals surface area contributed by atoms with Crippen molar-refractivity contribution in [2.75, 3.05) is 39.4 Å². The number of thiophene rings is 1. The highest BCUT2D eigenvalue weighted by Gasteiger charge is 2.16. The first kappa shape index (κ1) is 20.3. The number of nitrogens with zero attached hydrogens (tertiary/aromatic N) is 1. The van der Waals surface area contributed by atoms with Gasteiger partial charge < -0.3 is 15.4 Å². The van der Waals surface area contributed by atoms with Crippen LogP contribution in [0.25, 0.3) is 6.08 Å². The number of ether oxygens (including phenoxy) is 1. The summed E-state index contributed by atoms with van der Waals surface area (Å²) < 4.78 is 5.33. The Balaban J connectivity index is 1.63. The van der Waals surface area contributed by atoms with E-state index in [1.165, 1.54) is 11.3 Å². The van der Waals surface area contributed by atoms with E-state index in [-0.39, 0.29) is 17.5 Å². The molecule has 148 valence electrons. The highest BCUT2D eigenvalue weighted by atomic mass is 32.1. The van der Waals surface area contributed by atoms with Gasteiger partial charge in [0.2, 0.25) is 0 Å². The quantitative estimate of drug-likeness (QED) is 0.701. The van der Waals surface area contributed by atoms with Crippen molar-refractivity contribution in [3.63, 3.8) is 0 Å². The van der Waals surface area contributed by atoms with Crippen LogP contribution < -0.4 is 10.6 Å². The molecule has 2 amide bonds. The molecule has 1 fully saturated rings. The minimum atomic E-state index is -0.300. The van der Waals surface area contributed by atoms with Crippen molar-refractivity contribution in [3.05, 3.63) is 63.5 Å². The topological polar surface area (TPSA) is 70.7 Å². The highest BCUT2D eigenvalue weighted by molar-refractivity contribution is 7.10. The number of carbonyl (C=O) groups is 2. The molecule has 0 spiro atoms. The Morgan fingerprint density at radius 2 is 1.93 bits per heavy atom. The van der Waals surface area contributed by atoms with Crippen molar-refractivity contribution in [1.29, 1.82) is 0 Å². The Morgan fingerprint density at radius 3 is 2.61 bits per heavy atom. The van der Waals surface area contributed by atoms with Crippen molar-refractivity contribution in [2.45, 2.75) is 6.92 Å². The molecule has 1 aliphatic rings. The number of rotatable bonds is 7. The van der Waals surface area contributed by atoms with Gasteiger partial charge >= 0.3 is 0 Å². The zero-order valence-corrected chi connectivity index (χ0v) is 16.8. The van der Waals surface area contributed by atoms with Gasteiger partial charge in [0, 0.05) is 36.6 Å². The van der Waals surface area contributed by atoms with Gasteiger partial charge in [0.1, 0.15) is 5.70 Å². The molecule has 7 heteroatoms. The van der Waals surface area contributed by atoms with Crippen LogP contribution in [-0.2, 0) is 9.53 Å². The molecule has 2 aromatic rings. The molecule has 1 saturated heterocycles. The summed E-state index contributed by atoms with van der Waals surface area (Å²) in [6, 6.07) is 11.1. The molecule has 0 atom stereocenters. The van der Waals surface area contributed by atoms with Crippen LogP contribution in [-0.4, -0.2) is 56.1 Å². The summed E-state index contributed by atoms with van der Waals surface area (Å²) in [4.78, 5) is 28.4. The molecule has 3 rings (SSSR count). The minimum Gasteiger partial charge on any atom is -0.379 e. The number of aryl methyl sites for hydroxylation is 1. The Labute approximate surface area is 169 Å². The van der Waals surface area contributed by atoms with Gasteiger partial charge in [-0.05, 0) is 36.6 Å². The van der Waals surface area contributed by atoms with Crippen LogP contribution in [0.2, 0.25) is 0 Å². The fraction of sp³-hybridized carbons (Fsp3) is 0.333. The average Bonchev–Trinajstić information content (AvgIpc) is 3.22. The Hall–Kier alpha value is -2.48. The van der Waals surface area contributed by atoms with Gasteiger partial charge in [-0.2, -0.15) is 0 Å². The van der Waals surface area contributed by atoms with Gasteiger partial charge in [0.05, 0.1) is 13.2 Å². The number of morpholine rings is 1. The summed E-state index contributed by atoms with van der Waals surface area (Å²) in [5.74, 6) is -0.590. The lowest BCUT2D eigenvalue weighted by Gasteiger charge is -2.26. The largest absolute Gasteiger partial charge is 0.379 e. The molecule has 0 radical (unpaired) electrons. The van der Waals surface area contributed by atoms with Crippen LogP contribution in [0.3, 0.4) is 0 Å². The third kappa shape index (κ3) is 6.02. The molecule has 0 unspecified atom stereocenters. The molecule has 1 aliphatic heterocycles. The van der Waals surface area contributed by atoms with Crippen molar-refractivity contribution in [3.8, 4) is 0 Å². The summed E-state index contributed by atoms with van der Waals surface area (Å²) >= 11 is 1.51. The second-order valence-corrected chi connectivity index (χ2v) is 7.58.